The summed E-state index contributed by atoms with van der Waals surface area (Å²) in [6, 6.07) is 0.0394. The molecule has 0 spiro atoms. The standard InChI is InChI=1S/C18H29BN4O5/c1-17(2)18(3,4)28-19(27-17)12-8-21-16(22-9-12)23-7-5-6-13(23)10-20-15(26)14(25)11-24/h8-9,13-14,24-25H,5-7,10-11H2,1-4H3,(H,20,26)/t13-,14+/m0/s1. The highest BCUT2D eigenvalue weighted by Crippen LogP contribution is 2.36. The van der Waals surface area contributed by atoms with Crippen LogP contribution in [0.1, 0.15) is 40.5 Å². The van der Waals surface area contributed by atoms with E-state index in [4.69, 9.17) is 14.4 Å². The van der Waals surface area contributed by atoms with Gasteiger partial charge in [0.05, 0.1) is 17.8 Å². The van der Waals surface area contributed by atoms with Gasteiger partial charge >= 0.3 is 7.12 Å². The summed E-state index contributed by atoms with van der Waals surface area (Å²) >= 11 is 0. The van der Waals surface area contributed by atoms with Crippen LogP contribution in [0.15, 0.2) is 12.4 Å². The SMILES string of the molecule is CC1(C)OB(c2cnc(N3CCC[C@H]3CNC(=O)[C@H](O)CO)nc2)OC1(C)C. The average Bonchev–Trinajstić information content (AvgIpc) is 3.20. The Morgan fingerprint density at radius 3 is 2.50 bits per heavy atom. The Morgan fingerprint density at radius 1 is 1.32 bits per heavy atom. The van der Waals surface area contributed by atoms with Gasteiger partial charge in [-0.25, -0.2) is 9.97 Å². The Labute approximate surface area is 165 Å². The Bertz CT molecular complexity index is 684. The van der Waals surface area contributed by atoms with Crippen LogP contribution in [0.4, 0.5) is 5.95 Å². The minimum absolute atomic E-state index is 0.0394. The van der Waals surface area contributed by atoms with E-state index in [0.717, 1.165) is 24.8 Å². The van der Waals surface area contributed by atoms with Crippen LogP contribution in [0.3, 0.4) is 0 Å². The molecule has 1 aromatic heterocycles. The van der Waals surface area contributed by atoms with Crippen LogP contribution in [0, 0.1) is 0 Å². The third-order valence-electron chi connectivity index (χ3n) is 5.81. The number of hydrogen-bond acceptors (Lipinski definition) is 8. The van der Waals surface area contributed by atoms with Crippen LogP contribution in [-0.4, -0.2) is 76.3 Å². The molecular weight excluding hydrogens is 363 g/mol. The molecule has 1 amide bonds. The van der Waals surface area contributed by atoms with Gasteiger partial charge in [-0.2, -0.15) is 0 Å². The van der Waals surface area contributed by atoms with Crippen LogP contribution in [0.25, 0.3) is 0 Å². The largest absolute Gasteiger partial charge is 0.498 e. The Kier molecular flexibility index (Phi) is 5.95. The number of aliphatic hydroxyl groups is 2. The molecule has 9 nitrogen and oxygen atoms in total. The molecule has 0 unspecified atom stereocenters. The molecule has 0 bridgehead atoms. The van der Waals surface area contributed by atoms with Crippen molar-refractivity contribution in [2.45, 2.75) is 63.9 Å². The van der Waals surface area contributed by atoms with E-state index in [1.807, 2.05) is 32.6 Å². The predicted octanol–water partition coefficient (Wildman–Crippen LogP) is -0.786. The van der Waals surface area contributed by atoms with E-state index < -0.39 is 36.9 Å². The zero-order valence-electron chi connectivity index (χ0n) is 16.9. The molecule has 2 aliphatic rings. The van der Waals surface area contributed by atoms with Crippen molar-refractivity contribution < 1.29 is 24.3 Å². The van der Waals surface area contributed by atoms with Crippen LogP contribution in [-0.2, 0) is 14.1 Å². The molecule has 2 atom stereocenters. The monoisotopic (exact) mass is 392 g/mol. The van der Waals surface area contributed by atoms with Gasteiger partial charge < -0.3 is 29.7 Å². The maximum absolute atomic E-state index is 11.7. The topological polar surface area (TPSA) is 117 Å². The number of carbonyl (C=O) groups is 1. The number of amides is 1. The minimum Gasteiger partial charge on any atom is -0.399 e. The molecule has 2 fully saturated rings. The van der Waals surface area contributed by atoms with Crippen LogP contribution in [0.2, 0.25) is 0 Å². The number of aliphatic hydroxyl groups excluding tert-OH is 2. The van der Waals surface area contributed by atoms with Gasteiger partial charge in [-0.15, -0.1) is 0 Å². The fourth-order valence-electron chi connectivity index (χ4n) is 3.31. The van der Waals surface area contributed by atoms with Crippen molar-refractivity contribution in [1.82, 2.24) is 15.3 Å². The summed E-state index contributed by atoms with van der Waals surface area (Å²) in [7, 11) is -0.507. The molecule has 0 radical (unpaired) electrons. The Balaban J connectivity index is 1.64. The summed E-state index contributed by atoms with van der Waals surface area (Å²) in [6.07, 6.45) is 3.89. The van der Waals surface area contributed by atoms with E-state index >= 15 is 0 Å². The van der Waals surface area contributed by atoms with Crippen molar-refractivity contribution in [3.05, 3.63) is 12.4 Å². The lowest BCUT2D eigenvalue weighted by Crippen LogP contribution is -2.45. The lowest BCUT2D eigenvalue weighted by molar-refractivity contribution is -0.131. The second-order valence-corrected chi connectivity index (χ2v) is 8.34. The summed E-state index contributed by atoms with van der Waals surface area (Å²) in [5.74, 6) is 0.00565. The third kappa shape index (κ3) is 4.14. The van der Waals surface area contributed by atoms with Gasteiger partial charge in [-0.1, -0.05) is 0 Å². The number of aromatic nitrogens is 2. The van der Waals surface area contributed by atoms with Gasteiger partial charge in [0.25, 0.3) is 5.91 Å². The number of anilines is 1. The zero-order chi connectivity index (χ0) is 20.5. The molecule has 10 heteroatoms. The number of carbonyl (C=O) groups excluding carboxylic acids is 1. The van der Waals surface area contributed by atoms with Crippen molar-refractivity contribution in [2.75, 3.05) is 24.6 Å². The summed E-state index contributed by atoms with van der Waals surface area (Å²) in [6.45, 7) is 8.55. The Morgan fingerprint density at radius 2 is 1.93 bits per heavy atom. The van der Waals surface area contributed by atoms with Gasteiger partial charge in [0, 0.05) is 37.0 Å². The predicted molar refractivity (Wildman–Crippen MR) is 104 cm³/mol. The van der Waals surface area contributed by atoms with Crippen molar-refractivity contribution in [2.24, 2.45) is 0 Å². The first kappa shape index (κ1) is 21.0. The molecule has 28 heavy (non-hydrogen) atoms. The first-order valence-electron chi connectivity index (χ1n) is 9.65. The van der Waals surface area contributed by atoms with Crippen LogP contribution < -0.4 is 15.7 Å². The van der Waals surface area contributed by atoms with Crippen molar-refractivity contribution in [3.8, 4) is 0 Å². The molecular formula is C18H29BN4O5. The molecule has 0 aromatic carbocycles. The normalized spacial score (nSPS) is 24.4. The molecule has 0 saturated carbocycles. The molecule has 1 aromatic rings. The molecule has 3 rings (SSSR count). The number of rotatable bonds is 6. The first-order chi connectivity index (χ1) is 13.1. The highest BCUT2D eigenvalue weighted by molar-refractivity contribution is 6.61. The van der Waals surface area contributed by atoms with Gasteiger partial charge in [-0.3, -0.25) is 4.79 Å². The summed E-state index contributed by atoms with van der Waals surface area (Å²) < 4.78 is 12.1. The second-order valence-electron chi connectivity index (χ2n) is 8.34. The fraction of sp³-hybridized carbons (Fsp3) is 0.722. The van der Waals surface area contributed by atoms with Gasteiger partial charge in [0.15, 0.2) is 6.10 Å². The van der Waals surface area contributed by atoms with Crippen LogP contribution >= 0.6 is 0 Å². The minimum atomic E-state index is -1.40. The van der Waals surface area contributed by atoms with E-state index in [1.54, 1.807) is 12.4 Å². The fourth-order valence-corrected chi connectivity index (χ4v) is 3.31. The quantitative estimate of drug-likeness (QED) is 0.540. The highest BCUT2D eigenvalue weighted by Gasteiger charge is 2.52. The smallest absolute Gasteiger partial charge is 0.399 e. The maximum Gasteiger partial charge on any atom is 0.498 e. The third-order valence-corrected chi connectivity index (χ3v) is 5.81. The van der Waals surface area contributed by atoms with Crippen molar-refractivity contribution >= 4 is 24.4 Å². The van der Waals surface area contributed by atoms with Gasteiger partial charge in [0.2, 0.25) is 5.95 Å². The zero-order valence-corrected chi connectivity index (χ0v) is 16.9. The molecule has 2 aliphatic heterocycles. The van der Waals surface area contributed by atoms with Gasteiger partial charge in [0.1, 0.15) is 0 Å². The van der Waals surface area contributed by atoms with Crippen LogP contribution in [0.5, 0.6) is 0 Å². The first-order valence-corrected chi connectivity index (χ1v) is 9.65. The number of nitrogens with zero attached hydrogens (tertiary/aromatic N) is 3. The number of hydrogen-bond donors (Lipinski definition) is 3. The average molecular weight is 392 g/mol. The van der Waals surface area contributed by atoms with Gasteiger partial charge in [-0.05, 0) is 40.5 Å². The molecule has 3 heterocycles. The molecule has 154 valence electrons. The van der Waals surface area contributed by atoms with Crippen molar-refractivity contribution in [3.63, 3.8) is 0 Å². The van der Waals surface area contributed by atoms with E-state index in [-0.39, 0.29) is 6.04 Å². The second kappa shape index (κ2) is 7.94. The van der Waals surface area contributed by atoms with E-state index in [9.17, 15) is 9.90 Å². The van der Waals surface area contributed by atoms with Crippen molar-refractivity contribution in [1.29, 1.82) is 0 Å². The molecule has 2 saturated heterocycles. The lowest BCUT2D eigenvalue weighted by atomic mass is 9.81. The van der Waals surface area contributed by atoms with E-state index in [2.05, 4.69) is 15.3 Å². The summed E-state index contributed by atoms with van der Waals surface area (Å²) in [5.41, 5.74) is -0.0842. The Hall–Kier alpha value is -1.75. The lowest BCUT2D eigenvalue weighted by Gasteiger charge is -2.32. The van der Waals surface area contributed by atoms with E-state index in [0.29, 0.717) is 12.5 Å². The molecule has 0 aliphatic carbocycles. The molecule has 3 N–H and O–H groups in total. The maximum atomic E-state index is 11.7. The number of nitrogens with one attached hydrogen (secondary N) is 1. The summed E-state index contributed by atoms with van der Waals surface area (Å²) in [4.78, 5) is 22.7. The highest BCUT2D eigenvalue weighted by atomic mass is 16.7. The summed E-state index contributed by atoms with van der Waals surface area (Å²) in [5, 5.41) is 20.9. The van der Waals surface area contributed by atoms with E-state index in [1.165, 1.54) is 0 Å².